The number of phenols is 1. The minimum atomic E-state index is -1.67. The molecule has 7 heteroatoms. The minimum absolute atomic E-state index is 0.136. The lowest BCUT2D eigenvalue weighted by molar-refractivity contribution is 0.183. The summed E-state index contributed by atoms with van der Waals surface area (Å²) in [4.78, 5) is 2.43. The summed E-state index contributed by atoms with van der Waals surface area (Å²) in [7, 11) is -1.67. The largest absolute Gasteiger partial charge is 0.508 e. The fraction of sp³-hybridized carbons (Fsp3) is 0.304. The highest BCUT2D eigenvalue weighted by atomic mass is 16.5. The van der Waals surface area contributed by atoms with E-state index in [9.17, 15) is 15.2 Å². The molecule has 1 heterocycles. The molecule has 6 nitrogen and oxygen atoms in total. The van der Waals surface area contributed by atoms with Crippen molar-refractivity contribution >= 4 is 23.4 Å². The fourth-order valence-corrected chi connectivity index (χ4v) is 3.82. The SMILES string of the molecule is OB(O)c1ccc2cc(O)ccc2c1Oc1ccc(OCCN2CCCCC2)cc1. The second kappa shape index (κ2) is 9.39. The van der Waals surface area contributed by atoms with Gasteiger partial charge in [0.25, 0.3) is 0 Å². The number of hydrogen-bond donors (Lipinski definition) is 3. The lowest BCUT2D eigenvalue weighted by atomic mass is 9.78. The number of ether oxygens (including phenoxy) is 2. The molecule has 0 bridgehead atoms. The third kappa shape index (κ3) is 4.87. The Morgan fingerprint density at radius 1 is 0.867 bits per heavy atom. The van der Waals surface area contributed by atoms with Crippen LogP contribution in [0.1, 0.15) is 19.3 Å². The Labute approximate surface area is 176 Å². The molecule has 0 aromatic heterocycles. The molecule has 156 valence electrons. The van der Waals surface area contributed by atoms with Gasteiger partial charge in [0.05, 0.1) is 0 Å². The van der Waals surface area contributed by atoms with E-state index < -0.39 is 7.12 Å². The molecular formula is C23H26BNO5. The van der Waals surface area contributed by atoms with Gasteiger partial charge in [0.2, 0.25) is 0 Å². The number of hydrogen-bond acceptors (Lipinski definition) is 6. The molecule has 30 heavy (non-hydrogen) atoms. The molecule has 4 rings (SSSR count). The molecule has 0 amide bonds. The van der Waals surface area contributed by atoms with Gasteiger partial charge in [-0.15, -0.1) is 0 Å². The summed E-state index contributed by atoms with van der Waals surface area (Å²) >= 11 is 0. The molecule has 1 saturated heterocycles. The third-order valence-electron chi connectivity index (χ3n) is 5.43. The van der Waals surface area contributed by atoms with Gasteiger partial charge in [-0.1, -0.05) is 18.6 Å². The zero-order valence-electron chi connectivity index (χ0n) is 16.8. The van der Waals surface area contributed by atoms with Crippen LogP contribution >= 0.6 is 0 Å². The van der Waals surface area contributed by atoms with Gasteiger partial charge >= 0.3 is 7.12 Å². The van der Waals surface area contributed by atoms with Gasteiger partial charge in [0, 0.05) is 17.4 Å². The van der Waals surface area contributed by atoms with Crippen molar-refractivity contribution in [1.29, 1.82) is 0 Å². The summed E-state index contributed by atoms with van der Waals surface area (Å²) in [5.41, 5.74) is 0.259. The van der Waals surface area contributed by atoms with E-state index in [1.165, 1.54) is 19.3 Å². The number of nitrogens with zero attached hydrogens (tertiary/aromatic N) is 1. The molecule has 3 aromatic carbocycles. The Hall–Kier alpha value is -2.74. The molecule has 0 aliphatic carbocycles. The van der Waals surface area contributed by atoms with Crippen molar-refractivity contribution in [2.75, 3.05) is 26.2 Å². The summed E-state index contributed by atoms with van der Waals surface area (Å²) in [6.07, 6.45) is 3.86. The maximum atomic E-state index is 9.75. The first-order valence-corrected chi connectivity index (χ1v) is 10.3. The monoisotopic (exact) mass is 407 g/mol. The normalized spacial score (nSPS) is 14.6. The quantitative estimate of drug-likeness (QED) is 0.523. The zero-order chi connectivity index (χ0) is 20.9. The summed E-state index contributed by atoms with van der Waals surface area (Å²) in [5, 5.41) is 30.6. The first-order chi connectivity index (χ1) is 14.6. The van der Waals surface area contributed by atoms with Crippen molar-refractivity contribution in [3.63, 3.8) is 0 Å². The molecule has 0 atom stereocenters. The predicted molar refractivity (Wildman–Crippen MR) is 118 cm³/mol. The summed E-state index contributed by atoms with van der Waals surface area (Å²) in [6.45, 7) is 3.88. The molecule has 1 aliphatic rings. The van der Waals surface area contributed by atoms with E-state index in [1.807, 2.05) is 12.1 Å². The molecule has 1 aliphatic heterocycles. The van der Waals surface area contributed by atoms with Gasteiger partial charge in [0.1, 0.15) is 29.6 Å². The van der Waals surface area contributed by atoms with Crippen LogP contribution in [-0.4, -0.2) is 53.4 Å². The lowest BCUT2D eigenvalue weighted by Gasteiger charge is -2.26. The number of benzene rings is 3. The lowest BCUT2D eigenvalue weighted by Crippen LogP contribution is -2.33. The maximum absolute atomic E-state index is 9.75. The van der Waals surface area contributed by atoms with E-state index in [2.05, 4.69) is 4.90 Å². The van der Waals surface area contributed by atoms with Crippen molar-refractivity contribution in [3.05, 3.63) is 54.6 Å². The van der Waals surface area contributed by atoms with Crippen LogP contribution in [0.15, 0.2) is 54.6 Å². The molecule has 0 spiro atoms. The molecule has 0 unspecified atom stereocenters. The Balaban J connectivity index is 1.46. The van der Waals surface area contributed by atoms with Crippen molar-refractivity contribution in [2.45, 2.75) is 19.3 Å². The van der Waals surface area contributed by atoms with Crippen molar-refractivity contribution in [3.8, 4) is 23.0 Å². The molecule has 0 radical (unpaired) electrons. The Bertz CT molecular complexity index is 987. The zero-order valence-corrected chi connectivity index (χ0v) is 16.8. The Morgan fingerprint density at radius 3 is 2.33 bits per heavy atom. The molecule has 3 aromatic rings. The smallest absolute Gasteiger partial charge is 0.492 e. The Morgan fingerprint density at radius 2 is 1.60 bits per heavy atom. The van der Waals surface area contributed by atoms with Crippen LogP contribution < -0.4 is 14.9 Å². The number of aromatic hydroxyl groups is 1. The van der Waals surface area contributed by atoms with E-state index in [0.29, 0.717) is 23.5 Å². The van der Waals surface area contributed by atoms with E-state index >= 15 is 0 Å². The second-order valence-electron chi connectivity index (χ2n) is 7.59. The van der Waals surface area contributed by atoms with Crippen molar-refractivity contribution in [1.82, 2.24) is 4.90 Å². The number of likely N-dealkylation sites (tertiary alicyclic amines) is 1. The Kier molecular flexibility index (Phi) is 6.42. The first kappa shape index (κ1) is 20.5. The van der Waals surface area contributed by atoms with Gasteiger partial charge in [-0.25, -0.2) is 0 Å². The van der Waals surface area contributed by atoms with Crippen molar-refractivity contribution in [2.24, 2.45) is 0 Å². The van der Waals surface area contributed by atoms with Gasteiger partial charge in [-0.3, -0.25) is 4.90 Å². The van der Waals surface area contributed by atoms with Gasteiger partial charge < -0.3 is 24.6 Å². The summed E-state index contributed by atoms with van der Waals surface area (Å²) < 4.78 is 11.9. The van der Waals surface area contributed by atoms with Gasteiger partial charge in [0.15, 0.2) is 0 Å². The van der Waals surface area contributed by atoms with E-state index in [1.54, 1.807) is 42.5 Å². The summed E-state index contributed by atoms with van der Waals surface area (Å²) in [5.74, 6) is 1.81. The van der Waals surface area contributed by atoms with Crippen LogP contribution in [0.2, 0.25) is 0 Å². The minimum Gasteiger partial charge on any atom is -0.508 e. The fourth-order valence-electron chi connectivity index (χ4n) is 3.82. The van der Waals surface area contributed by atoms with Crippen LogP contribution in [0.25, 0.3) is 10.8 Å². The average Bonchev–Trinajstić information content (AvgIpc) is 2.75. The topological polar surface area (TPSA) is 82.4 Å². The molecular weight excluding hydrogens is 381 g/mol. The first-order valence-electron chi connectivity index (χ1n) is 10.3. The highest BCUT2D eigenvalue weighted by Gasteiger charge is 2.20. The van der Waals surface area contributed by atoms with E-state index in [-0.39, 0.29) is 11.2 Å². The van der Waals surface area contributed by atoms with E-state index in [0.717, 1.165) is 30.8 Å². The summed E-state index contributed by atoms with van der Waals surface area (Å²) in [6, 6.07) is 15.4. The van der Waals surface area contributed by atoms with Gasteiger partial charge in [-0.2, -0.15) is 0 Å². The van der Waals surface area contributed by atoms with Crippen LogP contribution in [0.3, 0.4) is 0 Å². The number of piperidine rings is 1. The molecule has 0 saturated carbocycles. The molecule has 1 fully saturated rings. The van der Waals surface area contributed by atoms with Crippen LogP contribution in [-0.2, 0) is 0 Å². The highest BCUT2D eigenvalue weighted by Crippen LogP contribution is 2.31. The van der Waals surface area contributed by atoms with Crippen LogP contribution in [0.5, 0.6) is 23.0 Å². The second-order valence-corrected chi connectivity index (χ2v) is 7.59. The van der Waals surface area contributed by atoms with E-state index in [4.69, 9.17) is 9.47 Å². The number of rotatable bonds is 7. The number of phenolic OH excluding ortho intramolecular Hbond substituents is 1. The highest BCUT2D eigenvalue weighted by molar-refractivity contribution is 6.60. The standard InChI is InChI=1S/C23H26BNO5/c26-18-5-10-21-17(16-18)4-11-22(24(27)28)23(21)30-20-8-6-19(7-9-20)29-15-14-25-12-2-1-3-13-25/h4-11,16,26-28H,1-3,12-15H2. The average molecular weight is 407 g/mol. The maximum Gasteiger partial charge on any atom is 0.492 e. The number of fused-ring (bicyclic) bond motifs is 1. The predicted octanol–water partition coefficient (Wildman–Crippen LogP) is 2.88. The van der Waals surface area contributed by atoms with Crippen LogP contribution in [0, 0.1) is 0 Å². The van der Waals surface area contributed by atoms with Gasteiger partial charge in [-0.05, 0) is 73.8 Å². The third-order valence-corrected chi connectivity index (χ3v) is 5.43. The van der Waals surface area contributed by atoms with Crippen molar-refractivity contribution < 1.29 is 24.6 Å². The molecule has 3 N–H and O–H groups in total. The van der Waals surface area contributed by atoms with Crippen LogP contribution in [0.4, 0.5) is 0 Å².